The zero-order valence-electron chi connectivity index (χ0n) is 8.66. The highest BCUT2D eigenvalue weighted by atomic mass is 15.2. The van der Waals surface area contributed by atoms with Crippen molar-refractivity contribution in [2.45, 2.75) is 25.4 Å². The summed E-state index contributed by atoms with van der Waals surface area (Å²) in [7, 11) is 2.20. The molecular formula is C10H18N4. The average molecular weight is 194 g/mol. The van der Waals surface area contributed by atoms with Crippen molar-refractivity contribution in [2.24, 2.45) is 0 Å². The number of rotatable bonds is 6. The summed E-state index contributed by atoms with van der Waals surface area (Å²) in [6, 6.07) is 2.86. The Balaban J connectivity index is 1.54. The van der Waals surface area contributed by atoms with E-state index in [1.165, 1.54) is 12.8 Å². The summed E-state index contributed by atoms with van der Waals surface area (Å²) in [6.45, 7) is 3.07. The van der Waals surface area contributed by atoms with E-state index >= 15 is 0 Å². The van der Waals surface area contributed by atoms with Crippen LogP contribution in [-0.2, 0) is 6.54 Å². The first-order chi connectivity index (χ1) is 6.86. The van der Waals surface area contributed by atoms with Crippen LogP contribution >= 0.6 is 0 Å². The van der Waals surface area contributed by atoms with Gasteiger partial charge in [0.2, 0.25) is 0 Å². The maximum Gasteiger partial charge on any atom is 0.0490 e. The van der Waals surface area contributed by atoms with Crippen molar-refractivity contribution < 1.29 is 0 Å². The Hall–Kier alpha value is -0.870. The molecule has 0 atom stereocenters. The van der Waals surface area contributed by atoms with Crippen LogP contribution in [-0.4, -0.2) is 41.3 Å². The molecule has 1 saturated carbocycles. The molecule has 0 radical (unpaired) electrons. The molecule has 2 rings (SSSR count). The lowest BCUT2D eigenvalue weighted by Crippen LogP contribution is -2.30. The van der Waals surface area contributed by atoms with Crippen LogP contribution in [0.1, 0.15) is 18.5 Å². The van der Waals surface area contributed by atoms with Gasteiger partial charge in [-0.3, -0.25) is 5.10 Å². The molecular weight excluding hydrogens is 176 g/mol. The molecule has 1 aromatic rings. The second kappa shape index (κ2) is 4.57. The molecule has 0 amide bonds. The Labute approximate surface area is 84.7 Å². The van der Waals surface area contributed by atoms with Crippen molar-refractivity contribution in [3.63, 3.8) is 0 Å². The second-order valence-electron chi connectivity index (χ2n) is 3.97. The lowest BCUT2D eigenvalue weighted by atomic mass is 10.4. The lowest BCUT2D eigenvalue weighted by Gasteiger charge is -2.15. The Bertz CT molecular complexity index is 253. The van der Waals surface area contributed by atoms with Gasteiger partial charge in [-0.05, 0) is 26.0 Å². The van der Waals surface area contributed by atoms with Gasteiger partial charge in [-0.1, -0.05) is 0 Å². The van der Waals surface area contributed by atoms with Gasteiger partial charge in [-0.2, -0.15) is 5.10 Å². The molecule has 0 spiro atoms. The van der Waals surface area contributed by atoms with E-state index in [-0.39, 0.29) is 0 Å². The number of H-pyrrole nitrogens is 1. The zero-order valence-corrected chi connectivity index (χ0v) is 8.66. The third-order valence-corrected chi connectivity index (χ3v) is 2.69. The van der Waals surface area contributed by atoms with Gasteiger partial charge in [0.05, 0.1) is 0 Å². The number of nitrogens with zero attached hydrogens (tertiary/aromatic N) is 2. The molecule has 78 valence electrons. The minimum absolute atomic E-state index is 0.865. The van der Waals surface area contributed by atoms with Gasteiger partial charge in [0.1, 0.15) is 0 Å². The average Bonchev–Trinajstić information content (AvgIpc) is 2.92. The molecule has 2 N–H and O–H groups in total. The molecule has 0 aromatic carbocycles. The first-order valence-electron chi connectivity index (χ1n) is 5.25. The summed E-state index contributed by atoms with van der Waals surface area (Å²) in [5, 5.41) is 10.2. The quantitative estimate of drug-likeness (QED) is 0.652. The van der Waals surface area contributed by atoms with E-state index in [2.05, 4.69) is 27.5 Å². The highest BCUT2D eigenvalue weighted by molar-refractivity contribution is 4.96. The fraction of sp³-hybridized carbons (Fsp3) is 0.700. The van der Waals surface area contributed by atoms with Crippen LogP contribution in [0, 0.1) is 0 Å². The number of likely N-dealkylation sites (N-methyl/N-ethyl adjacent to an activating group) is 1. The monoisotopic (exact) mass is 194 g/mol. The van der Waals surface area contributed by atoms with E-state index in [9.17, 15) is 0 Å². The Morgan fingerprint density at radius 1 is 1.64 bits per heavy atom. The summed E-state index contributed by atoms with van der Waals surface area (Å²) >= 11 is 0. The van der Waals surface area contributed by atoms with Crippen LogP contribution in [0.3, 0.4) is 0 Å². The van der Waals surface area contributed by atoms with Crippen LogP contribution in [0.5, 0.6) is 0 Å². The van der Waals surface area contributed by atoms with E-state index in [0.29, 0.717) is 0 Å². The summed E-state index contributed by atoms with van der Waals surface area (Å²) < 4.78 is 0. The van der Waals surface area contributed by atoms with Crippen molar-refractivity contribution in [3.8, 4) is 0 Å². The molecule has 0 unspecified atom stereocenters. The van der Waals surface area contributed by atoms with Crippen molar-refractivity contribution in [3.05, 3.63) is 18.0 Å². The fourth-order valence-corrected chi connectivity index (χ4v) is 1.56. The predicted octanol–water partition coefficient (Wildman–Crippen LogP) is 0.593. The van der Waals surface area contributed by atoms with Gasteiger partial charge < -0.3 is 10.2 Å². The van der Waals surface area contributed by atoms with E-state index in [1.54, 1.807) is 6.20 Å². The summed E-state index contributed by atoms with van der Waals surface area (Å²) in [6.07, 6.45) is 4.56. The van der Waals surface area contributed by atoms with Gasteiger partial charge in [0.25, 0.3) is 0 Å². The topological polar surface area (TPSA) is 44.0 Å². The maximum absolute atomic E-state index is 3.90. The van der Waals surface area contributed by atoms with Gasteiger partial charge >= 0.3 is 0 Å². The standard InChI is InChI=1S/C10H18N4/c1-14(10-2-3-10)7-6-11-8-9-4-5-12-13-9/h4-5,10-11H,2-3,6-8H2,1H3,(H,12,13). The number of aromatic amines is 1. The van der Waals surface area contributed by atoms with Gasteiger partial charge in [0.15, 0.2) is 0 Å². The molecule has 0 bridgehead atoms. The molecule has 1 aromatic heterocycles. The van der Waals surface area contributed by atoms with E-state index in [4.69, 9.17) is 0 Å². The lowest BCUT2D eigenvalue weighted by molar-refractivity contribution is 0.321. The molecule has 4 heteroatoms. The predicted molar refractivity (Wildman–Crippen MR) is 55.9 cm³/mol. The van der Waals surface area contributed by atoms with Gasteiger partial charge in [-0.25, -0.2) is 0 Å². The minimum Gasteiger partial charge on any atom is -0.310 e. The van der Waals surface area contributed by atoms with Crippen molar-refractivity contribution in [1.29, 1.82) is 0 Å². The molecule has 1 aliphatic carbocycles. The molecule has 14 heavy (non-hydrogen) atoms. The van der Waals surface area contributed by atoms with Crippen LogP contribution in [0.2, 0.25) is 0 Å². The molecule has 1 heterocycles. The third kappa shape index (κ3) is 2.82. The number of hydrogen-bond acceptors (Lipinski definition) is 3. The number of hydrogen-bond donors (Lipinski definition) is 2. The van der Waals surface area contributed by atoms with Crippen LogP contribution in [0.15, 0.2) is 12.3 Å². The van der Waals surface area contributed by atoms with E-state index in [0.717, 1.165) is 31.4 Å². The second-order valence-corrected chi connectivity index (χ2v) is 3.97. The van der Waals surface area contributed by atoms with E-state index in [1.807, 2.05) is 6.07 Å². The molecule has 4 nitrogen and oxygen atoms in total. The fourth-order valence-electron chi connectivity index (χ4n) is 1.56. The Morgan fingerprint density at radius 2 is 2.50 bits per heavy atom. The van der Waals surface area contributed by atoms with Crippen LogP contribution < -0.4 is 5.32 Å². The smallest absolute Gasteiger partial charge is 0.0490 e. The van der Waals surface area contributed by atoms with Crippen molar-refractivity contribution in [2.75, 3.05) is 20.1 Å². The highest BCUT2D eigenvalue weighted by Gasteiger charge is 2.25. The van der Waals surface area contributed by atoms with Gasteiger partial charge in [0, 0.05) is 37.6 Å². The molecule has 0 saturated heterocycles. The Morgan fingerprint density at radius 3 is 3.14 bits per heavy atom. The Kier molecular flexibility index (Phi) is 3.16. The molecule has 1 aliphatic rings. The summed E-state index contributed by atoms with van der Waals surface area (Å²) in [4.78, 5) is 2.43. The summed E-state index contributed by atoms with van der Waals surface area (Å²) in [5.41, 5.74) is 1.15. The maximum atomic E-state index is 3.90. The SMILES string of the molecule is CN(CCNCc1ccn[nH]1)C1CC1. The van der Waals surface area contributed by atoms with Gasteiger partial charge in [-0.15, -0.1) is 0 Å². The highest BCUT2D eigenvalue weighted by Crippen LogP contribution is 2.24. The largest absolute Gasteiger partial charge is 0.310 e. The first kappa shape index (κ1) is 9.68. The molecule has 0 aliphatic heterocycles. The van der Waals surface area contributed by atoms with Crippen molar-refractivity contribution >= 4 is 0 Å². The third-order valence-electron chi connectivity index (χ3n) is 2.69. The number of nitrogens with one attached hydrogen (secondary N) is 2. The first-order valence-corrected chi connectivity index (χ1v) is 5.25. The normalized spacial score (nSPS) is 16.4. The van der Waals surface area contributed by atoms with Crippen LogP contribution in [0.4, 0.5) is 0 Å². The minimum atomic E-state index is 0.865. The van der Waals surface area contributed by atoms with Crippen LogP contribution in [0.25, 0.3) is 0 Å². The number of aromatic nitrogens is 2. The molecule has 1 fully saturated rings. The summed E-state index contributed by atoms with van der Waals surface area (Å²) in [5.74, 6) is 0. The zero-order chi connectivity index (χ0) is 9.80. The van der Waals surface area contributed by atoms with Crippen molar-refractivity contribution in [1.82, 2.24) is 20.4 Å². The van der Waals surface area contributed by atoms with E-state index < -0.39 is 0 Å².